The van der Waals surface area contributed by atoms with Gasteiger partial charge in [-0.2, -0.15) is 0 Å². The Balaban J connectivity index is 3.21. The number of hydrogen-bond acceptors (Lipinski definition) is 5. The average molecular weight is 486 g/mol. The number of rotatable bonds is 27. The summed E-state index contributed by atoms with van der Waals surface area (Å²) >= 11 is 0. The molecule has 0 spiro atoms. The number of carbonyl (C=O) groups is 2. The van der Waals surface area contributed by atoms with Crippen LogP contribution in [0.15, 0.2) is 12.2 Å². The molecule has 0 aliphatic carbocycles. The van der Waals surface area contributed by atoms with Crippen molar-refractivity contribution in [2.45, 2.75) is 103 Å². The summed E-state index contributed by atoms with van der Waals surface area (Å²) in [5.41, 5.74) is 0. The molecule has 0 saturated heterocycles. The lowest BCUT2D eigenvalue weighted by Crippen LogP contribution is -2.27. The normalized spacial score (nSPS) is 11.3. The highest BCUT2D eigenvalue weighted by atomic mass is 16.5. The summed E-state index contributed by atoms with van der Waals surface area (Å²) in [7, 11) is 0. The zero-order chi connectivity index (χ0) is 25.0. The van der Waals surface area contributed by atoms with Crippen molar-refractivity contribution in [3.05, 3.63) is 12.2 Å². The third-order valence-electron chi connectivity index (χ3n) is 5.44. The van der Waals surface area contributed by atoms with E-state index in [1.165, 1.54) is 70.6 Å². The Morgan fingerprint density at radius 1 is 0.647 bits per heavy atom. The molecule has 0 rings (SSSR count). The predicted molar refractivity (Wildman–Crippen MR) is 137 cm³/mol. The summed E-state index contributed by atoms with van der Waals surface area (Å²) in [6.07, 6.45) is 21.6. The fraction of sp³-hybridized carbons (Fsp3) is 0.852. The summed E-state index contributed by atoms with van der Waals surface area (Å²) in [4.78, 5) is 22.1. The van der Waals surface area contributed by atoms with E-state index in [2.05, 4.69) is 24.4 Å². The molecule has 2 N–H and O–H groups in total. The van der Waals surface area contributed by atoms with Crippen LogP contribution in [0.4, 0.5) is 0 Å². The molecule has 0 atom stereocenters. The number of unbranched alkanes of at least 4 members (excludes halogenated alkanes) is 11. The molecule has 0 aliphatic rings. The Hall–Kier alpha value is -1.44. The number of carbonyl (C=O) groups excluding carboxylic acids is 1. The average Bonchev–Trinajstić information content (AvgIpc) is 2.82. The topological polar surface area (TPSA) is 94.1 Å². The number of carboxylic acid groups (broad SMARTS) is 1. The van der Waals surface area contributed by atoms with Gasteiger partial charge in [-0.05, 0) is 32.1 Å². The molecule has 0 unspecified atom stereocenters. The van der Waals surface area contributed by atoms with Crippen LogP contribution < -0.4 is 5.32 Å². The van der Waals surface area contributed by atoms with Gasteiger partial charge in [0.25, 0.3) is 0 Å². The summed E-state index contributed by atoms with van der Waals surface area (Å²) in [6, 6.07) is 0. The molecule has 0 aromatic carbocycles. The minimum absolute atomic E-state index is 0.00604. The third kappa shape index (κ3) is 28.6. The Morgan fingerprint density at radius 3 is 1.74 bits per heavy atom. The van der Waals surface area contributed by atoms with Crippen molar-refractivity contribution in [2.24, 2.45) is 0 Å². The van der Waals surface area contributed by atoms with Crippen LogP contribution in [0.25, 0.3) is 0 Å². The van der Waals surface area contributed by atoms with Crippen LogP contribution >= 0.6 is 0 Å². The summed E-state index contributed by atoms with van der Waals surface area (Å²) in [6.45, 7) is 5.14. The molecule has 0 saturated carbocycles. The maximum Gasteiger partial charge on any atom is 0.305 e. The molecule has 7 nitrogen and oxygen atoms in total. The molecular formula is C27H51NO6. The van der Waals surface area contributed by atoms with Crippen molar-refractivity contribution in [3.63, 3.8) is 0 Å². The second kappa shape index (κ2) is 27.8. The first-order valence-corrected chi connectivity index (χ1v) is 13.5. The van der Waals surface area contributed by atoms with Gasteiger partial charge in [-0.1, -0.05) is 70.4 Å². The van der Waals surface area contributed by atoms with Gasteiger partial charge in [-0.25, -0.2) is 0 Å². The van der Waals surface area contributed by atoms with Crippen LogP contribution in [0.1, 0.15) is 103 Å². The Kier molecular flexibility index (Phi) is 26.6. The van der Waals surface area contributed by atoms with E-state index in [9.17, 15) is 9.59 Å². The number of allylic oxidation sites excluding steroid dienone is 2. The number of ether oxygens (including phenoxy) is 3. The van der Waals surface area contributed by atoms with Crippen LogP contribution in [0.2, 0.25) is 0 Å². The van der Waals surface area contributed by atoms with Crippen LogP contribution in [0.3, 0.4) is 0 Å². The van der Waals surface area contributed by atoms with Gasteiger partial charge in [0.2, 0.25) is 5.91 Å². The van der Waals surface area contributed by atoms with E-state index in [4.69, 9.17) is 19.3 Å². The smallest absolute Gasteiger partial charge is 0.305 e. The van der Waals surface area contributed by atoms with Crippen molar-refractivity contribution < 1.29 is 28.9 Å². The monoisotopic (exact) mass is 485 g/mol. The summed E-state index contributed by atoms with van der Waals surface area (Å²) in [5, 5.41) is 11.4. The first kappa shape index (κ1) is 32.6. The molecule has 0 aromatic heterocycles. The fourth-order valence-electron chi connectivity index (χ4n) is 3.41. The lowest BCUT2D eigenvalue weighted by molar-refractivity contribution is -0.138. The van der Waals surface area contributed by atoms with E-state index < -0.39 is 5.97 Å². The molecule has 34 heavy (non-hydrogen) atoms. The number of carboxylic acids is 1. The van der Waals surface area contributed by atoms with Gasteiger partial charge >= 0.3 is 5.97 Å². The van der Waals surface area contributed by atoms with Crippen LogP contribution in [-0.2, 0) is 23.8 Å². The van der Waals surface area contributed by atoms with Crippen LogP contribution in [0, 0.1) is 0 Å². The standard InChI is InChI=1S/C27H51NO6/c1-2-3-4-5-6-7-8-9-10-11-12-13-14-15-16-17-26(29)28-19-21-33-23-25-34-24-22-32-20-18-27(30)31/h9-10H,2-8,11-25H2,1H3,(H,28,29)(H,30,31)/b10-9-. The lowest BCUT2D eigenvalue weighted by atomic mass is 10.1. The molecule has 0 aliphatic heterocycles. The summed E-state index contributed by atoms with van der Waals surface area (Å²) in [5.74, 6) is -0.773. The van der Waals surface area contributed by atoms with Crippen molar-refractivity contribution in [2.75, 3.05) is 46.2 Å². The van der Waals surface area contributed by atoms with E-state index in [0.29, 0.717) is 46.0 Å². The molecular weight excluding hydrogens is 434 g/mol. The maximum atomic E-state index is 11.8. The van der Waals surface area contributed by atoms with Crippen molar-refractivity contribution >= 4 is 11.9 Å². The van der Waals surface area contributed by atoms with E-state index in [1.807, 2.05) is 0 Å². The minimum Gasteiger partial charge on any atom is -0.481 e. The maximum absolute atomic E-state index is 11.8. The molecule has 7 heteroatoms. The minimum atomic E-state index is -0.867. The second-order valence-electron chi connectivity index (χ2n) is 8.67. The predicted octanol–water partition coefficient (Wildman–Crippen LogP) is 5.66. The van der Waals surface area contributed by atoms with Crippen molar-refractivity contribution in [3.8, 4) is 0 Å². The van der Waals surface area contributed by atoms with E-state index >= 15 is 0 Å². The Bertz CT molecular complexity index is 484. The molecule has 0 bridgehead atoms. The SMILES string of the molecule is CCCCCCCC/C=C\CCCCCCCC(=O)NCCOCCOCCOCCC(=O)O. The Labute approximate surface area is 208 Å². The molecule has 1 amide bonds. The number of amides is 1. The summed E-state index contributed by atoms with van der Waals surface area (Å²) < 4.78 is 15.8. The third-order valence-corrected chi connectivity index (χ3v) is 5.44. The highest BCUT2D eigenvalue weighted by Crippen LogP contribution is 2.09. The molecule has 200 valence electrons. The zero-order valence-corrected chi connectivity index (χ0v) is 21.7. The number of nitrogens with one attached hydrogen (secondary N) is 1. The second-order valence-corrected chi connectivity index (χ2v) is 8.67. The number of aliphatic carboxylic acids is 1. The molecule has 0 aromatic rings. The largest absolute Gasteiger partial charge is 0.481 e. The van der Waals surface area contributed by atoms with Crippen LogP contribution in [-0.4, -0.2) is 63.2 Å². The lowest BCUT2D eigenvalue weighted by Gasteiger charge is -2.07. The van der Waals surface area contributed by atoms with E-state index in [0.717, 1.165) is 12.8 Å². The fourth-order valence-corrected chi connectivity index (χ4v) is 3.41. The van der Waals surface area contributed by atoms with Gasteiger partial charge in [-0.15, -0.1) is 0 Å². The van der Waals surface area contributed by atoms with E-state index in [1.54, 1.807) is 0 Å². The van der Waals surface area contributed by atoms with Crippen molar-refractivity contribution in [1.29, 1.82) is 0 Å². The van der Waals surface area contributed by atoms with Gasteiger partial charge in [0.05, 0.1) is 46.1 Å². The van der Waals surface area contributed by atoms with Gasteiger partial charge in [-0.3, -0.25) is 9.59 Å². The molecule has 0 radical (unpaired) electrons. The first-order chi connectivity index (χ1) is 16.7. The van der Waals surface area contributed by atoms with Gasteiger partial charge in [0.1, 0.15) is 0 Å². The van der Waals surface area contributed by atoms with Gasteiger partial charge < -0.3 is 24.6 Å². The van der Waals surface area contributed by atoms with Crippen molar-refractivity contribution in [1.82, 2.24) is 5.32 Å². The van der Waals surface area contributed by atoms with Gasteiger partial charge in [0.15, 0.2) is 0 Å². The number of hydrogen-bond donors (Lipinski definition) is 2. The van der Waals surface area contributed by atoms with Gasteiger partial charge in [0, 0.05) is 13.0 Å². The highest BCUT2D eigenvalue weighted by molar-refractivity contribution is 5.75. The highest BCUT2D eigenvalue weighted by Gasteiger charge is 2.01. The Morgan fingerprint density at radius 2 is 1.15 bits per heavy atom. The first-order valence-electron chi connectivity index (χ1n) is 13.5. The molecule has 0 heterocycles. The zero-order valence-electron chi connectivity index (χ0n) is 21.7. The van der Waals surface area contributed by atoms with Crippen LogP contribution in [0.5, 0.6) is 0 Å². The molecule has 0 fully saturated rings. The quantitative estimate of drug-likeness (QED) is 0.115. The van der Waals surface area contributed by atoms with E-state index in [-0.39, 0.29) is 18.9 Å².